The molecule has 1 N–H and O–H groups in total. The molecule has 0 aliphatic carbocycles. The third kappa shape index (κ3) is 4.85. The molecule has 1 atom stereocenters. The highest BCUT2D eigenvalue weighted by Gasteiger charge is 2.21. The molecule has 3 nitrogen and oxygen atoms in total. The molecule has 0 aromatic heterocycles. The van der Waals surface area contributed by atoms with Gasteiger partial charge in [0, 0.05) is 15.0 Å². The Bertz CT molecular complexity index is 556. The average Bonchev–Trinajstić information content (AvgIpc) is 2.20. The Hall–Kier alpha value is 0.0900. The maximum Gasteiger partial charge on any atom is 0.241 e. The van der Waals surface area contributed by atoms with Crippen LogP contribution < -0.4 is 4.72 Å². The van der Waals surface area contributed by atoms with Crippen LogP contribution in [0, 0.1) is 12.8 Å². The molecule has 1 unspecified atom stereocenters. The summed E-state index contributed by atoms with van der Waals surface area (Å²) in [5.74, 6) is 0.450. The van der Waals surface area contributed by atoms with Crippen molar-refractivity contribution in [1.82, 2.24) is 4.72 Å². The Labute approximate surface area is 132 Å². The molecule has 1 aromatic rings. The van der Waals surface area contributed by atoms with E-state index in [4.69, 9.17) is 0 Å². The van der Waals surface area contributed by atoms with E-state index in [2.05, 4.69) is 50.4 Å². The van der Waals surface area contributed by atoms with Gasteiger partial charge in [0.15, 0.2) is 0 Å². The fourth-order valence-electron chi connectivity index (χ4n) is 1.92. The molecule has 0 spiro atoms. The topological polar surface area (TPSA) is 46.2 Å². The van der Waals surface area contributed by atoms with E-state index < -0.39 is 10.0 Å². The highest BCUT2D eigenvalue weighted by Crippen LogP contribution is 2.29. The summed E-state index contributed by atoms with van der Waals surface area (Å²) in [4.78, 5) is 0.264. The van der Waals surface area contributed by atoms with Crippen LogP contribution in [0.2, 0.25) is 0 Å². The van der Waals surface area contributed by atoms with Crippen LogP contribution in [0.4, 0.5) is 0 Å². The second-order valence-corrected chi connectivity index (χ2v) is 8.57. The monoisotopic (exact) mass is 411 g/mol. The van der Waals surface area contributed by atoms with Gasteiger partial charge in [-0.25, -0.2) is 13.1 Å². The molecule has 6 heteroatoms. The summed E-state index contributed by atoms with van der Waals surface area (Å²) in [6.45, 7) is 7.95. The maximum atomic E-state index is 12.3. The van der Waals surface area contributed by atoms with Crippen LogP contribution in [0.5, 0.6) is 0 Å². The zero-order valence-corrected chi connectivity index (χ0v) is 15.5. The number of halogens is 2. The lowest BCUT2D eigenvalue weighted by Gasteiger charge is -2.17. The van der Waals surface area contributed by atoms with E-state index in [1.54, 1.807) is 12.1 Å². The fraction of sp³-hybridized carbons (Fsp3) is 0.538. The summed E-state index contributed by atoms with van der Waals surface area (Å²) in [5, 5.41) is 0. The standard InChI is InChI=1S/C13H19Br2NO2S/c1-8(2)5-10(4)16-19(17,18)13-7-11(14)9(3)6-12(13)15/h6-8,10,16H,5H2,1-4H3. The van der Waals surface area contributed by atoms with Gasteiger partial charge >= 0.3 is 0 Å². The average molecular weight is 413 g/mol. The zero-order chi connectivity index (χ0) is 14.8. The molecule has 0 aliphatic rings. The number of hydrogen-bond acceptors (Lipinski definition) is 2. The molecule has 0 fully saturated rings. The molecule has 0 saturated heterocycles. The van der Waals surface area contributed by atoms with Crippen molar-refractivity contribution in [1.29, 1.82) is 0 Å². The van der Waals surface area contributed by atoms with Crippen LogP contribution in [-0.4, -0.2) is 14.5 Å². The first kappa shape index (κ1) is 17.1. The van der Waals surface area contributed by atoms with E-state index in [1.807, 2.05) is 13.8 Å². The zero-order valence-electron chi connectivity index (χ0n) is 11.5. The van der Waals surface area contributed by atoms with Crippen molar-refractivity contribution in [3.63, 3.8) is 0 Å². The summed E-state index contributed by atoms with van der Waals surface area (Å²) in [5.41, 5.74) is 0.987. The molecule has 0 aliphatic heterocycles. The van der Waals surface area contributed by atoms with E-state index in [0.29, 0.717) is 10.4 Å². The number of benzene rings is 1. The van der Waals surface area contributed by atoms with E-state index >= 15 is 0 Å². The molecular formula is C13H19Br2NO2S. The van der Waals surface area contributed by atoms with Gasteiger partial charge in [-0.15, -0.1) is 0 Å². The van der Waals surface area contributed by atoms with Gasteiger partial charge < -0.3 is 0 Å². The van der Waals surface area contributed by atoms with Crippen molar-refractivity contribution < 1.29 is 8.42 Å². The highest BCUT2D eigenvalue weighted by molar-refractivity contribution is 9.11. The minimum atomic E-state index is -3.50. The third-order valence-corrected chi connectivity index (χ3v) is 6.09. The molecule has 0 saturated carbocycles. The van der Waals surface area contributed by atoms with Gasteiger partial charge in [0.05, 0.1) is 4.90 Å². The largest absolute Gasteiger partial charge is 0.241 e. The van der Waals surface area contributed by atoms with Crippen LogP contribution >= 0.6 is 31.9 Å². The lowest BCUT2D eigenvalue weighted by molar-refractivity contribution is 0.482. The van der Waals surface area contributed by atoms with E-state index in [1.165, 1.54) is 0 Å². The smallest absolute Gasteiger partial charge is 0.208 e. The number of hydrogen-bond donors (Lipinski definition) is 1. The van der Waals surface area contributed by atoms with Gasteiger partial charge in [-0.05, 0) is 59.8 Å². The first-order valence-electron chi connectivity index (χ1n) is 6.11. The number of rotatable bonds is 5. The SMILES string of the molecule is Cc1cc(Br)c(S(=O)(=O)NC(C)CC(C)C)cc1Br. The van der Waals surface area contributed by atoms with Gasteiger partial charge in [0.2, 0.25) is 10.0 Å². The van der Waals surface area contributed by atoms with E-state index in [0.717, 1.165) is 16.5 Å². The number of nitrogens with one attached hydrogen (secondary N) is 1. The molecule has 1 rings (SSSR count). The third-order valence-electron chi connectivity index (χ3n) is 2.68. The maximum absolute atomic E-state index is 12.3. The molecular weight excluding hydrogens is 394 g/mol. The number of sulfonamides is 1. The Kier molecular flexibility index (Phi) is 6.04. The first-order chi connectivity index (χ1) is 8.63. The van der Waals surface area contributed by atoms with Crippen LogP contribution in [0.3, 0.4) is 0 Å². The van der Waals surface area contributed by atoms with E-state index in [-0.39, 0.29) is 10.9 Å². The van der Waals surface area contributed by atoms with Gasteiger partial charge in [-0.1, -0.05) is 29.8 Å². The van der Waals surface area contributed by atoms with E-state index in [9.17, 15) is 8.42 Å². The molecule has 0 bridgehead atoms. The van der Waals surface area contributed by atoms with Crippen molar-refractivity contribution in [2.75, 3.05) is 0 Å². The van der Waals surface area contributed by atoms with Crippen molar-refractivity contribution in [2.45, 2.75) is 45.1 Å². The molecule has 0 radical (unpaired) electrons. The summed E-state index contributed by atoms with van der Waals surface area (Å²) < 4.78 is 28.8. The molecule has 108 valence electrons. The summed E-state index contributed by atoms with van der Waals surface area (Å²) in [7, 11) is -3.50. The highest BCUT2D eigenvalue weighted by atomic mass is 79.9. The van der Waals surface area contributed by atoms with Gasteiger partial charge in [0.1, 0.15) is 0 Å². The molecule has 0 amide bonds. The molecule has 1 aromatic carbocycles. The fourth-order valence-corrected chi connectivity index (χ4v) is 4.85. The summed E-state index contributed by atoms with van der Waals surface area (Å²) >= 11 is 6.68. The van der Waals surface area contributed by atoms with Crippen LogP contribution in [-0.2, 0) is 10.0 Å². The second-order valence-electron chi connectivity index (χ2n) is 5.18. The van der Waals surface area contributed by atoms with Crippen LogP contribution in [0.15, 0.2) is 26.0 Å². The van der Waals surface area contributed by atoms with Gasteiger partial charge in [0.25, 0.3) is 0 Å². The normalized spacial score (nSPS) is 13.8. The first-order valence-corrected chi connectivity index (χ1v) is 9.18. The minimum Gasteiger partial charge on any atom is -0.208 e. The predicted molar refractivity (Wildman–Crippen MR) is 85.8 cm³/mol. The van der Waals surface area contributed by atoms with Gasteiger partial charge in [-0.3, -0.25) is 0 Å². The Balaban J connectivity index is 3.04. The quantitative estimate of drug-likeness (QED) is 0.786. The van der Waals surface area contributed by atoms with Crippen molar-refractivity contribution in [3.05, 3.63) is 26.6 Å². The second kappa shape index (κ2) is 6.70. The minimum absolute atomic E-state index is 0.0861. The Morgan fingerprint density at radius 1 is 1.16 bits per heavy atom. The Morgan fingerprint density at radius 3 is 2.26 bits per heavy atom. The summed E-state index contributed by atoms with van der Waals surface area (Å²) in [6.07, 6.45) is 0.809. The molecule has 19 heavy (non-hydrogen) atoms. The lowest BCUT2D eigenvalue weighted by Crippen LogP contribution is -2.33. The van der Waals surface area contributed by atoms with Crippen LogP contribution in [0.1, 0.15) is 32.8 Å². The Morgan fingerprint density at radius 2 is 1.74 bits per heavy atom. The van der Waals surface area contributed by atoms with Crippen molar-refractivity contribution in [2.24, 2.45) is 5.92 Å². The number of aryl methyl sites for hydroxylation is 1. The predicted octanol–water partition coefficient (Wildman–Crippen LogP) is 4.23. The van der Waals surface area contributed by atoms with Crippen LogP contribution in [0.25, 0.3) is 0 Å². The summed E-state index contributed by atoms with van der Waals surface area (Å²) in [6, 6.07) is 3.34. The lowest BCUT2D eigenvalue weighted by atomic mass is 10.1. The van der Waals surface area contributed by atoms with Crippen molar-refractivity contribution >= 4 is 41.9 Å². The van der Waals surface area contributed by atoms with Crippen molar-refractivity contribution in [3.8, 4) is 0 Å². The molecule has 0 heterocycles. The van der Waals surface area contributed by atoms with Gasteiger partial charge in [-0.2, -0.15) is 0 Å².